The van der Waals surface area contributed by atoms with Crippen molar-refractivity contribution in [3.63, 3.8) is 0 Å². The molecule has 0 aliphatic carbocycles. The van der Waals surface area contributed by atoms with E-state index in [4.69, 9.17) is 6.42 Å². The van der Waals surface area contributed by atoms with Crippen LogP contribution in [0.1, 0.15) is 10.7 Å². The maximum Gasteiger partial charge on any atom is 0.434 e. The van der Waals surface area contributed by atoms with E-state index in [1.54, 1.807) is 0 Å². The molecule has 1 rings (SSSR count). The van der Waals surface area contributed by atoms with Gasteiger partial charge in [0.15, 0.2) is 11.7 Å². The molecule has 0 bridgehead atoms. The summed E-state index contributed by atoms with van der Waals surface area (Å²) in [5.74, 6) is 2.77. The lowest BCUT2D eigenvalue weighted by Crippen LogP contribution is -2.36. The number of rotatable bonds is 3. The zero-order valence-electron chi connectivity index (χ0n) is 9.51. The number of thiazole rings is 1. The fraction of sp³-hybridized carbons (Fsp3) is 0.400. The van der Waals surface area contributed by atoms with Crippen LogP contribution in [0.15, 0.2) is 10.4 Å². The van der Waals surface area contributed by atoms with Gasteiger partial charge in [0.25, 0.3) is 0 Å². The van der Waals surface area contributed by atoms with Gasteiger partial charge in [-0.3, -0.25) is 4.99 Å². The first-order valence-electron chi connectivity index (χ1n) is 4.87. The summed E-state index contributed by atoms with van der Waals surface area (Å²) in [6.07, 6.45) is 0.655. The molecule has 4 nitrogen and oxygen atoms in total. The molecule has 0 saturated heterocycles. The molecule has 0 aromatic carbocycles. The zero-order valence-corrected chi connectivity index (χ0v) is 10.3. The Kier molecular flexibility index (Phi) is 4.97. The summed E-state index contributed by atoms with van der Waals surface area (Å²) in [5.41, 5.74) is -0.879. The standard InChI is InChI=1S/C10H11F3N4S/c1-3-4-15-9(14-2)16-5-8-17-7(6-18-8)10(11,12)13/h1,6H,4-5H2,2H3,(H2,14,15,16). The van der Waals surface area contributed by atoms with Crippen LogP contribution >= 0.6 is 11.3 Å². The van der Waals surface area contributed by atoms with Crippen molar-refractivity contribution >= 4 is 17.3 Å². The highest BCUT2D eigenvalue weighted by molar-refractivity contribution is 7.09. The SMILES string of the molecule is C#CCNC(=NC)NCc1nc(C(F)(F)F)cs1. The topological polar surface area (TPSA) is 49.3 Å². The normalized spacial score (nSPS) is 12.1. The Morgan fingerprint density at radius 1 is 1.56 bits per heavy atom. The van der Waals surface area contributed by atoms with Gasteiger partial charge in [-0.15, -0.1) is 17.8 Å². The van der Waals surface area contributed by atoms with E-state index < -0.39 is 11.9 Å². The molecule has 0 aliphatic heterocycles. The van der Waals surface area contributed by atoms with Crippen molar-refractivity contribution in [3.8, 4) is 12.3 Å². The molecule has 1 aromatic heterocycles. The maximum atomic E-state index is 12.3. The lowest BCUT2D eigenvalue weighted by Gasteiger charge is -2.08. The summed E-state index contributed by atoms with van der Waals surface area (Å²) in [6.45, 7) is 0.441. The lowest BCUT2D eigenvalue weighted by atomic mass is 10.5. The second kappa shape index (κ2) is 6.26. The van der Waals surface area contributed by atoms with Gasteiger partial charge >= 0.3 is 6.18 Å². The van der Waals surface area contributed by atoms with Crippen molar-refractivity contribution in [1.29, 1.82) is 0 Å². The van der Waals surface area contributed by atoms with Crippen LogP contribution in [-0.2, 0) is 12.7 Å². The van der Waals surface area contributed by atoms with E-state index in [-0.39, 0.29) is 13.1 Å². The average Bonchev–Trinajstić information content (AvgIpc) is 2.78. The van der Waals surface area contributed by atoms with E-state index in [1.165, 1.54) is 7.05 Å². The molecule has 1 heterocycles. The van der Waals surface area contributed by atoms with Crippen LogP contribution in [-0.4, -0.2) is 24.5 Å². The maximum absolute atomic E-state index is 12.3. The smallest absolute Gasteiger partial charge is 0.350 e. The van der Waals surface area contributed by atoms with Crippen LogP contribution in [0.25, 0.3) is 0 Å². The lowest BCUT2D eigenvalue weighted by molar-refractivity contribution is -0.140. The number of alkyl halides is 3. The van der Waals surface area contributed by atoms with Gasteiger partial charge in [0, 0.05) is 12.4 Å². The van der Waals surface area contributed by atoms with Gasteiger partial charge in [-0.2, -0.15) is 13.2 Å². The van der Waals surface area contributed by atoms with E-state index in [0.717, 1.165) is 16.7 Å². The monoisotopic (exact) mass is 276 g/mol. The highest BCUT2D eigenvalue weighted by Gasteiger charge is 2.33. The summed E-state index contributed by atoms with van der Waals surface area (Å²) >= 11 is 0.936. The van der Waals surface area contributed by atoms with Crippen LogP contribution in [0.2, 0.25) is 0 Å². The van der Waals surface area contributed by atoms with Gasteiger partial charge < -0.3 is 10.6 Å². The van der Waals surface area contributed by atoms with Crippen LogP contribution in [0, 0.1) is 12.3 Å². The van der Waals surface area contributed by atoms with Crippen molar-refractivity contribution in [2.75, 3.05) is 13.6 Å². The molecule has 0 aliphatic rings. The molecule has 8 heteroatoms. The molecule has 0 atom stereocenters. The number of terminal acetylenes is 1. The second-order valence-corrected chi connectivity index (χ2v) is 4.05. The number of hydrogen-bond donors (Lipinski definition) is 2. The second-order valence-electron chi connectivity index (χ2n) is 3.11. The minimum Gasteiger partial charge on any atom is -0.350 e. The fourth-order valence-electron chi connectivity index (χ4n) is 1.04. The van der Waals surface area contributed by atoms with E-state index >= 15 is 0 Å². The average molecular weight is 276 g/mol. The first kappa shape index (κ1) is 14.3. The van der Waals surface area contributed by atoms with Gasteiger partial charge in [0.05, 0.1) is 13.1 Å². The van der Waals surface area contributed by atoms with Gasteiger partial charge in [0.1, 0.15) is 5.01 Å². The molecule has 2 N–H and O–H groups in total. The summed E-state index contributed by atoms with van der Waals surface area (Å²) < 4.78 is 36.9. The molecule has 0 radical (unpaired) electrons. The third-order valence-corrected chi connectivity index (χ3v) is 2.68. The molecule has 0 fully saturated rings. The predicted molar refractivity (Wildman–Crippen MR) is 64.2 cm³/mol. The molecular formula is C10H11F3N4S. The largest absolute Gasteiger partial charge is 0.434 e. The first-order chi connectivity index (χ1) is 8.47. The third-order valence-electron chi connectivity index (χ3n) is 1.83. The summed E-state index contributed by atoms with van der Waals surface area (Å²) in [6, 6.07) is 0. The number of guanidine groups is 1. The highest BCUT2D eigenvalue weighted by Crippen LogP contribution is 2.29. The Labute approximate surface area is 106 Å². The van der Waals surface area contributed by atoms with Crippen molar-refractivity contribution in [2.45, 2.75) is 12.7 Å². The van der Waals surface area contributed by atoms with E-state index in [2.05, 4.69) is 26.5 Å². The third kappa shape index (κ3) is 4.25. The van der Waals surface area contributed by atoms with E-state index in [1.807, 2.05) is 0 Å². The Bertz CT molecular complexity index is 458. The predicted octanol–water partition coefficient (Wildman–Crippen LogP) is 1.46. The number of aromatic nitrogens is 1. The summed E-state index contributed by atoms with van der Waals surface area (Å²) in [5, 5.41) is 6.90. The van der Waals surface area contributed by atoms with E-state index in [0.29, 0.717) is 11.0 Å². The Balaban J connectivity index is 2.54. The van der Waals surface area contributed by atoms with Crippen molar-refractivity contribution < 1.29 is 13.2 Å². The first-order valence-corrected chi connectivity index (χ1v) is 5.75. The Morgan fingerprint density at radius 3 is 2.78 bits per heavy atom. The van der Waals surface area contributed by atoms with Crippen LogP contribution in [0.3, 0.4) is 0 Å². The van der Waals surface area contributed by atoms with Crippen LogP contribution < -0.4 is 10.6 Å². The molecular weight excluding hydrogens is 265 g/mol. The molecule has 0 spiro atoms. The van der Waals surface area contributed by atoms with Gasteiger partial charge in [0.2, 0.25) is 0 Å². The summed E-state index contributed by atoms with van der Waals surface area (Å²) in [4.78, 5) is 7.33. The van der Waals surface area contributed by atoms with Crippen molar-refractivity contribution in [2.24, 2.45) is 4.99 Å². The highest BCUT2D eigenvalue weighted by atomic mass is 32.1. The zero-order chi connectivity index (χ0) is 13.6. The molecule has 0 saturated carbocycles. The van der Waals surface area contributed by atoms with Gasteiger partial charge in [-0.1, -0.05) is 5.92 Å². The number of aliphatic imine (C=N–C) groups is 1. The van der Waals surface area contributed by atoms with Crippen LogP contribution in [0.5, 0.6) is 0 Å². The fourth-order valence-corrected chi connectivity index (χ4v) is 1.78. The van der Waals surface area contributed by atoms with Gasteiger partial charge in [-0.25, -0.2) is 4.98 Å². The number of nitrogens with one attached hydrogen (secondary N) is 2. The van der Waals surface area contributed by atoms with Gasteiger partial charge in [-0.05, 0) is 0 Å². The van der Waals surface area contributed by atoms with E-state index in [9.17, 15) is 13.2 Å². The molecule has 98 valence electrons. The van der Waals surface area contributed by atoms with Crippen molar-refractivity contribution in [3.05, 3.63) is 16.1 Å². The number of nitrogens with zero attached hydrogens (tertiary/aromatic N) is 2. The summed E-state index contributed by atoms with van der Waals surface area (Å²) in [7, 11) is 1.54. The molecule has 0 unspecified atom stereocenters. The number of hydrogen-bond acceptors (Lipinski definition) is 3. The minimum atomic E-state index is -4.40. The number of halogens is 3. The van der Waals surface area contributed by atoms with Crippen molar-refractivity contribution in [1.82, 2.24) is 15.6 Å². The minimum absolute atomic E-state index is 0.158. The molecule has 1 aromatic rings. The quantitative estimate of drug-likeness (QED) is 0.499. The molecule has 18 heavy (non-hydrogen) atoms. The molecule has 0 amide bonds. The Hall–Kier alpha value is -1.75. The Morgan fingerprint density at radius 2 is 2.28 bits per heavy atom. The van der Waals surface area contributed by atoms with Crippen LogP contribution in [0.4, 0.5) is 13.2 Å².